The summed E-state index contributed by atoms with van der Waals surface area (Å²) in [7, 11) is 0. The molecule has 0 unspecified atom stereocenters. The molecule has 2 amide bonds. The van der Waals surface area contributed by atoms with Crippen LogP contribution >= 0.6 is 11.3 Å². The molecule has 3 heterocycles. The predicted octanol–water partition coefficient (Wildman–Crippen LogP) is 3.28. The SMILES string of the molecule is CCOC(=O)CCC(=O)N1CCC(c2nc(C(=O)Nc3ccccc3N3CCOCC3)cs2)CC1. The third-order valence-electron chi connectivity index (χ3n) is 6.30. The average molecular weight is 501 g/mol. The minimum atomic E-state index is -0.336. The maximum Gasteiger partial charge on any atom is 0.306 e. The molecule has 1 N–H and O–H groups in total. The van der Waals surface area contributed by atoms with Crippen molar-refractivity contribution in [2.24, 2.45) is 0 Å². The van der Waals surface area contributed by atoms with Crippen LogP contribution in [0.3, 0.4) is 0 Å². The van der Waals surface area contributed by atoms with Crippen LogP contribution in [0.25, 0.3) is 0 Å². The number of aromatic nitrogens is 1. The second kappa shape index (κ2) is 12.1. The highest BCUT2D eigenvalue weighted by molar-refractivity contribution is 7.10. The number of piperidine rings is 1. The van der Waals surface area contributed by atoms with Crippen LogP contribution in [-0.4, -0.2) is 73.7 Å². The molecule has 2 saturated heterocycles. The van der Waals surface area contributed by atoms with E-state index in [2.05, 4.69) is 15.2 Å². The van der Waals surface area contributed by atoms with Crippen molar-refractivity contribution in [3.63, 3.8) is 0 Å². The molecule has 0 bridgehead atoms. The van der Waals surface area contributed by atoms with Crippen LogP contribution in [0.2, 0.25) is 0 Å². The Kier molecular flexibility index (Phi) is 8.70. The first-order chi connectivity index (χ1) is 17.0. The number of benzene rings is 1. The van der Waals surface area contributed by atoms with Crippen LogP contribution in [0.1, 0.15) is 54.0 Å². The van der Waals surface area contributed by atoms with Crippen molar-refractivity contribution in [3.05, 3.63) is 40.3 Å². The van der Waals surface area contributed by atoms with E-state index in [9.17, 15) is 14.4 Å². The number of rotatable bonds is 8. The largest absolute Gasteiger partial charge is 0.466 e. The van der Waals surface area contributed by atoms with Gasteiger partial charge in [-0.05, 0) is 31.9 Å². The highest BCUT2D eigenvalue weighted by Crippen LogP contribution is 2.31. The first-order valence-electron chi connectivity index (χ1n) is 12.2. The molecular weight excluding hydrogens is 468 g/mol. The number of para-hydroxylation sites is 2. The Balaban J connectivity index is 1.30. The number of ether oxygens (including phenoxy) is 2. The summed E-state index contributed by atoms with van der Waals surface area (Å²) < 4.78 is 10.3. The van der Waals surface area contributed by atoms with Gasteiger partial charge in [0.25, 0.3) is 5.91 Å². The van der Waals surface area contributed by atoms with Gasteiger partial charge >= 0.3 is 5.97 Å². The van der Waals surface area contributed by atoms with E-state index in [-0.39, 0.29) is 36.5 Å². The van der Waals surface area contributed by atoms with Crippen molar-refractivity contribution in [2.45, 2.75) is 38.5 Å². The molecular formula is C25H32N4O5S. The van der Waals surface area contributed by atoms with Crippen molar-refractivity contribution in [3.8, 4) is 0 Å². The molecule has 2 aliphatic heterocycles. The van der Waals surface area contributed by atoms with Crippen LogP contribution in [0.5, 0.6) is 0 Å². The molecule has 0 atom stereocenters. The summed E-state index contributed by atoms with van der Waals surface area (Å²) in [6.07, 6.45) is 1.88. The molecule has 1 aromatic heterocycles. The van der Waals surface area contributed by atoms with E-state index in [1.54, 1.807) is 17.2 Å². The topological polar surface area (TPSA) is 101 Å². The maximum absolute atomic E-state index is 13.0. The second-order valence-corrected chi connectivity index (χ2v) is 9.49. The summed E-state index contributed by atoms with van der Waals surface area (Å²) in [6, 6.07) is 7.79. The number of likely N-dealkylation sites (tertiary alicyclic amines) is 1. The Hall–Kier alpha value is -2.98. The number of hydrogen-bond acceptors (Lipinski definition) is 8. The summed E-state index contributed by atoms with van der Waals surface area (Å²) in [4.78, 5) is 45.5. The number of carbonyl (C=O) groups is 3. The van der Waals surface area contributed by atoms with Gasteiger partial charge in [-0.1, -0.05) is 12.1 Å². The van der Waals surface area contributed by atoms with E-state index in [0.29, 0.717) is 38.6 Å². The zero-order valence-electron chi connectivity index (χ0n) is 20.0. The number of thiazole rings is 1. The first kappa shape index (κ1) is 25.1. The monoisotopic (exact) mass is 500 g/mol. The summed E-state index contributed by atoms with van der Waals surface area (Å²) >= 11 is 1.49. The van der Waals surface area contributed by atoms with Crippen molar-refractivity contribution < 1.29 is 23.9 Å². The number of carbonyl (C=O) groups excluding carboxylic acids is 3. The Labute approximate surface area is 209 Å². The minimum Gasteiger partial charge on any atom is -0.466 e. The van der Waals surface area contributed by atoms with Crippen LogP contribution in [0.4, 0.5) is 11.4 Å². The zero-order valence-corrected chi connectivity index (χ0v) is 20.8. The van der Waals surface area contributed by atoms with Gasteiger partial charge in [0.2, 0.25) is 5.91 Å². The fraction of sp³-hybridized carbons (Fsp3) is 0.520. The lowest BCUT2D eigenvalue weighted by atomic mass is 9.97. The smallest absolute Gasteiger partial charge is 0.306 e. The number of morpholine rings is 1. The summed E-state index contributed by atoms with van der Waals surface area (Å²) in [5.74, 6) is -0.359. The summed E-state index contributed by atoms with van der Waals surface area (Å²) in [6.45, 7) is 6.26. The molecule has 0 spiro atoms. The van der Waals surface area contributed by atoms with E-state index in [1.807, 2.05) is 24.3 Å². The predicted molar refractivity (Wildman–Crippen MR) is 134 cm³/mol. The molecule has 10 heteroatoms. The molecule has 35 heavy (non-hydrogen) atoms. The van der Waals surface area contributed by atoms with E-state index in [0.717, 1.165) is 42.3 Å². The van der Waals surface area contributed by atoms with Crippen LogP contribution in [0, 0.1) is 0 Å². The molecule has 2 aromatic rings. The normalized spacial score (nSPS) is 16.7. The van der Waals surface area contributed by atoms with Crippen molar-refractivity contribution in [1.29, 1.82) is 0 Å². The summed E-state index contributed by atoms with van der Waals surface area (Å²) in [5, 5.41) is 5.76. The third-order valence-corrected chi connectivity index (χ3v) is 7.31. The fourth-order valence-corrected chi connectivity index (χ4v) is 5.37. The highest BCUT2D eigenvalue weighted by atomic mass is 32.1. The van der Waals surface area contributed by atoms with E-state index in [4.69, 9.17) is 9.47 Å². The first-order valence-corrected chi connectivity index (χ1v) is 13.0. The Morgan fingerprint density at radius 1 is 1.11 bits per heavy atom. The molecule has 0 aliphatic carbocycles. The molecule has 188 valence electrons. The van der Waals surface area contributed by atoms with Gasteiger partial charge in [0.1, 0.15) is 5.69 Å². The fourth-order valence-electron chi connectivity index (χ4n) is 4.40. The number of anilines is 2. The number of hydrogen-bond donors (Lipinski definition) is 1. The minimum absolute atomic E-state index is 0.0189. The lowest BCUT2D eigenvalue weighted by Gasteiger charge is -2.31. The molecule has 0 radical (unpaired) electrons. The Morgan fingerprint density at radius 2 is 1.86 bits per heavy atom. The molecule has 1 aromatic carbocycles. The van der Waals surface area contributed by atoms with Crippen molar-refractivity contribution in [1.82, 2.24) is 9.88 Å². The number of nitrogens with one attached hydrogen (secondary N) is 1. The van der Waals surface area contributed by atoms with E-state index in [1.165, 1.54) is 11.3 Å². The number of nitrogens with zero attached hydrogens (tertiary/aromatic N) is 3. The van der Waals surface area contributed by atoms with E-state index < -0.39 is 0 Å². The van der Waals surface area contributed by atoms with Crippen molar-refractivity contribution in [2.75, 3.05) is 56.2 Å². The van der Waals surface area contributed by atoms with Crippen LogP contribution in [-0.2, 0) is 19.1 Å². The maximum atomic E-state index is 13.0. The van der Waals surface area contributed by atoms with Gasteiger partial charge in [0, 0.05) is 43.9 Å². The number of esters is 1. The lowest BCUT2D eigenvalue weighted by molar-refractivity contribution is -0.145. The molecule has 2 aliphatic rings. The summed E-state index contributed by atoms with van der Waals surface area (Å²) in [5.41, 5.74) is 2.16. The molecule has 2 fully saturated rings. The van der Waals surface area contributed by atoms with Crippen LogP contribution < -0.4 is 10.2 Å². The average Bonchev–Trinajstić information content (AvgIpc) is 3.39. The zero-order chi connectivity index (χ0) is 24.6. The number of amides is 2. The van der Waals surface area contributed by atoms with Gasteiger partial charge in [0.15, 0.2) is 0 Å². The standard InChI is InChI=1S/C25H32N4O5S/c1-2-34-23(31)8-7-22(30)29-11-9-18(10-12-29)25-27-20(17-35-25)24(32)26-19-5-3-4-6-21(19)28-13-15-33-16-14-28/h3-6,17-18H,2,7-16H2,1H3,(H,26,32). The van der Waals surface area contributed by atoms with Gasteiger partial charge < -0.3 is 24.6 Å². The second-order valence-electron chi connectivity index (χ2n) is 8.60. The third kappa shape index (κ3) is 6.58. The van der Waals surface area contributed by atoms with Gasteiger partial charge in [-0.15, -0.1) is 11.3 Å². The Morgan fingerprint density at radius 3 is 2.60 bits per heavy atom. The Bertz CT molecular complexity index is 1030. The quantitative estimate of drug-likeness (QED) is 0.555. The van der Waals surface area contributed by atoms with Gasteiger partial charge in [-0.3, -0.25) is 14.4 Å². The van der Waals surface area contributed by atoms with Gasteiger partial charge in [0.05, 0.1) is 42.6 Å². The van der Waals surface area contributed by atoms with E-state index >= 15 is 0 Å². The van der Waals surface area contributed by atoms with Crippen molar-refractivity contribution >= 4 is 40.5 Å². The molecule has 4 rings (SSSR count). The highest BCUT2D eigenvalue weighted by Gasteiger charge is 2.27. The lowest BCUT2D eigenvalue weighted by Crippen LogP contribution is -2.38. The van der Waals surface area contributed by atoms with Crippen LogP contribution in [0.15, 0.2) is 29.6 Å². The molecule has 0 saturated carbocycles. The van der Waals surface area contributed by atoms with Gasteiger partial charge in [-0.2, -0.15) is 0 Å². The molecule has 9 nitrogen and oxygen atoms in total. The van der Waals surface area contributed by atoms with Gasteiger partial charge in [-0.25, -0.2) is 4.98 Å².